The number of halogens is 1. The fourth-order valence-electron chi connectivity index (χ4n) is 4.59. The van der Waals surface area contributed by atoms with E-state index in [9.17, 15) is 4.79 Å². The van der Waals surface area contributed by atoms with Gasteiger partial charge in [-0.25, -0.2) is 9.97 Å². The number of carbonyl (C=O) groups excluding carboxylic acids is 1. The van der Waals surface area contributed by atoms with E-state index in [-0.39, 0.29) is 11.8 Å². The van der Waals surface area contributed by atoms with E-state index < -0.39 is 0 Å². The van der Waals surface area contributed by atoms with Crippen LogP contribution in [0.25, 0.3) is 0 Å². The van der Waals surface area contributed by atoms with Gasteiger partial charge in [-0.1, -0.05) is 61.0 Å². The quantitative estimate of drug-likeness (QED) is 0.506. The normalized spacial score (nSPS) is 14.9. The van der Waals surface area contributed by atoms with Crippen LogP contribution in [-0.4, -0.2) is 47.0 Å². The van der Waals surface area contributed by atoms with Gasteiger partial charge in [0, 0.05) is 48.9 Å². The van der Waals surface area contributed by atoms with Gasteiger partial charge >= 0.3 is 0 Å². The van der Waals surface area contributed by atoms with Crippen LogP contribution in [0.5, 0.6) is 0 Å². The summed E-state index contributed by atoms with van der Waals surface area (Å²) in [7, 11) is 0. The summed E-state index contributed by atoms with van der Waals surface area (Å²) in [5.74, 6) is 1.90. The first kappa shape index (κ1) is 23.2. The van der Waals surface area contributed by atoms with Crippen molar-refractivity contribution >= 4 is 23.3 Å². The summed E-state index contributed by atoms with van der Waals surface area (Å²) in [4.78, 5) is 27.1. The second-order valence-electron chi connectivity index (χ2n) is 8.65. The van der Waals surface area contributed by atoms with E-state index in [1.807, 2.05) is 42.2 Å². The van der Waals surface area contributed by atoms with Crippen molar-refractivity contribution in [3.63, 3.8) is 0 Å². The molecule has 1 saturated heterocycles. The second kappa shape index (κ2) is 10.3. The Balaban J connectivity index is 1.50. The zero-order chi connectivity index (χ0) is 23.4. The minimum atomic E-state index is -0.0817. The largest absolute Gasteiger partial charge is 0.353 e. The molecule has 0 unspecified atom stereocenters. The van der Waals surface area contributed by atoms with Gasteiger partial charge in [0.15, 0.2) is 0 Å². The summed E-state index contributed by atoms with van der Waals surface area (Å²) in [5, 5.41) is 0.734. The lowest BCUT2D eigenvalue weighted by Crippen LogP contribution is -2.50. The maximum atomic E-state index is 13.3. The number of benzene rings is 2. The van der Waals surface area contributed by atoms with Gasteiger partial charge in [-0.3, -0.25) is 4.79 Å². The van der Waals surface area contributed by atoms with Crippen molar-refractivity contribution in [2.45, 2.75) is 39.5 Å². The second-order valence-corrected chi connectivity index (χ2v) is 9.08. The first-order chi connectivity index (χ1) is 16.0. The third-order valence-corrected chi connectivity index (χ3v) is 6.65. The molecule has 33 heavy (non-hydrogen) atoms. The van der Waals surface area contributed by atoms with E-state index >= 15 is 0 Å². The minimum absolute atomic E-state index is 0.0817. The van der Waals surface area contributed by atoms with Crippen LogP contribution in [0.1, 0.15) is 47.5 Å². The first-order valence-electron chi connectivity index (χ1n) is 11.6. The molecule has 6 heteroatoms. The van der Waals surface area contributed by atoms with E-state index in [4.69, 9.17) is 16.6 Å². The Kier molecular flexibility index (Phi) is 7.29. The Hall–Kier alpha value is -2.92. The first-order valence-corrected chi connectivity index (χ1v) is 12.0. The topological polar surface area (TPSA) is 49.3 Å². The molecule has 1 amide bonds. The van der Waals surface area contributed by atoms with Crippen molar-refractivity contribution in [3.05, 3.63) is 87.8 Å². The molecule has 1 fully saturated rings. The van der Waals surface area contributed by atoms with E-state index in [0.717, 1.165) is 59.4 Å². The molecule has 4 rings (SSSR count). The molecule has 172 valence electrons. The average molecular weight is 463 g/mol. The number of anilines is 1. The lowest BCUT2D eigenvalue weighted by Gasteiger charge is -2.38. The Morgan fingerprint density at radius 3 is 2.27 bits per heavy atom. The molecule has 1 atom stereocenters. The van der Waals surface area contributed by atoms with Gasteiger partial charge in [0.2, 0.25) is 5.91 Å². The van der Waals surface area contributed by atoms with Gasteiger partial charge in [0.1, 0.15) is 11.6 Å². The number of carbonyl (C=O) groups is 1. The summed E-state index contributed by atoms with van der Waals surface area (Å²) in [6.45, 7) is 9.00. The van der Waals surface area contributed by atoms with Crippen LogP contribution >= 0.6 is 11.6 Å². The van der Waals surface area contributed by atoms with Crippen molar-refractivity contribution < 1.29 is 4.79 Å². The van der Waals surface area contributed by atoms with Crippen LogP contribution < -0.4 is 4.90 Å². The van der Waals surface area contributed by atoms with E-state index in [1.54, 1.807) is 0 Å². The fourth-order valence-corrected chi connectivity index (χ4v) is 4.72. The number of nitrogens with zero attached hydrogens (tertiary/aromatic N) is 4. The average Bonchev–Trinajstić information content (AvgIpc) is 2.83. The number of piperazine rings is 1. The highest BCUT2D eigenvalue weighted by Gasteiger charge is 2.29. The van der Waals surface area contributed by atoms with Crippen molar-refractivity contribution in [2.75, 3.05) is 31.1 Å². The Morgan fingerprint density at radius 1 is 0.970 bits per heavy atom. The number of aryl methyl sites for hydroxylation is 2. The van der Waals surface area contributed by atoms with Crippen LogP contribution in [0.3, 0.4) is 0 Å². The molecule has 1 aliphatic heterocycles. The molecule has 3 aromatic rings. The zero-order valence-electron chi connectivity index (χ0n) is 19.6. The third kappa shape index (κ3) is 5.36. The molecule has 5 nitrogen and oxygen atoms in total. The minimum Gasteiger partial charge on any atom is -0.353 e. The highest BCUT2D eigenvalue weighted by molar-refractivity contribution is 6.30. The number of rotatable bonds is 6. The van der Waals surface area contributed by atoms with Crippen LogP contribution in [0, 0.1) is 13.8 Å². The number of hydrogen-bond donors (Lipinski definition) is 0. The van der Waals surface area contributed by atoms with Crippen molar-refractivity contribution in [1.82, 2.24) is 14.9 Å². The SMILES string of the molecule is CC[C@@H](C(=O)N1CCN(c2nc(C)nc(C)c2Cc2ccc(Cl)cc2)CC1)c1ccccc1. The molecule has 1 aromatic heterocycles. The molecule has 2 aromatic carbocycles. The van der Waals surface area contributed by atoms with Crippen molar-refractivity contribution in [2.24, 2.45) is 0 Å². The van der Waals surface area contributed by atoms with Crippen LogP contribution in [0.15, 0.2) is 54.6 Å². The van der Waals surface area contributed by atoms with Crippen LogP contribution in [0.4, 0.5) is 5.82 Å². The van der Waals surface area contributed by atoms with Gasteiger partial charge in [-0.05, 0) is 43.5 Å². The highest BCUT2D eigenvalue weighted by atomic mass is 35.5. The maximum absolute atomic E-state index is 13.3. The van der Waals surface area contributed by atoms with Gasteiger partial charge in [0.05, 0.1) is 5.92 Å². The molecular weight excluding hydrogens is 432 g/mol. The predicted octanol–water partition coefficient (Wildman–Crippen LogP) is 5.18. The smallest absolute Gasteiger partial charge is 0.230 e. The van der Waals surface area contributed by atoms with Crippen LogP contribution in [-0.2, 0) is 11.2 Å². The maximum Gasteiger partial charge on any atom is 0.230 e. The molecule has 0 radical (unpaired) electrons. The Morgan fingerprint density at radius 2 is 1.64 bits per heavy atom. The molecule has 0 spiro atoms. The molecule has 0 saturated carbocycles. The zero-order valence-corrected chi connectivity index (χ0v) is 20.3. The predicted molar refractivity (Wildman–Crippen MR) is 134 cm³/mol. The number of amides is 1. The molecular formula is C27H31ClN4O. The van der Waals surface area contributed by atoms with E-state index in [1.165, 1.54) is 5.56 Å². The van der Waals surface area contributed by atoms with Gasteiger partial charge in [-0.15, -0.1) is 0 Å². The monoisotopic (exact) mass is 462 g/mol. The third-order valence-electron chi connectivity index (χ3n) is 6.40. The fraction of sp³-hybridized carbons (Fsp3) is 0.370. The molecule has 0 bridgehead atoms. The molecule has 2 heterocycles. The molecule has 0 N–H and O–H groups in total. The van der Waals surface area contributed by atoms with E-state index in [0.29, 0.717) is 13.1 Å². The van der Waals surface area contributed by atoms with Gasteiger partial charge in [0.25, 0.3) is 0 Å². The van der Waals surface area contributed by atoms with Gasteiger partial charge < -0.3 is 9.80 Å². The lowest BCUT2D eigenvalue weighted by molar-refractivity contribution is -0.133. The Labute approximate surface area is 201 Å². The molecule has 1 aliphatic rings. The summed E-state index contributed by atoms with van der Waals surface area (Å²) < 4.78 is 0. The Bertz CT molecular complexity index is 1090. The van der Waals surface area contributed by atoms with Gasteiger partial charge in [-0.2, -0.15) is 0 Å². The lowest BCUT2D eigenvalue weighted by atomic mass is 9.94. The van der Waals surface area contributed by atoms with Crippen LogP contribution in [0.2, 0.25) is 5.02 Å². The summed E-state index contributed by atoms with van der Waals surface area (Å²) in [6.07, 6.45) is 1.56. The summed E-state index contributed by atoms with van der Waals surface area (Å²) in [6, 6.07) is 18.1. The number of hydrogen-bond acceptors (Lipinski definition) is 4. The molecule has 0 aliphatic carbocycles. The summed E-state index contributed by atoms with van der Waals surface area (Å²) >= 11 is 6.07. The summed E-state index contributed by atoms with van der Waals surface area (Å²) in [5.41, 5.74) is 4.41. The van der Waals surface area contributed by atoms with Crippen molar-refractivity contribution in [1.29, 1.82) is 0 Å². The standard InChI is InChI=1S/C27H31ClN4O/c1-4-24(22-8-6-5-7-9-22)27(33)32-16-14-31(15-17-32)26-25(19(2)29-20(3)30-26)18-21-10-12-23(28)13-11-21/h5-13,24H,4,14-18H2,1-3H3/t24-/m1/s1. The van der Waals surface area contributed by atoms with Crippen molar-refractivity contribution in [3.8, 4) is 0 Å². The number of aromatic nitrogens is 2. The highest BCUT2D eigenvalue weighted by Crippen LogP contribution is 2.27. The van der Waals surface area contributed by atoms with E-state index in [2.05, 4.69) is 48.0 Å².